The van der Waals surface area contributed by atoms with E-state index in [4.69, 9.17) is 14.2 Å². The maximum absolute atomic E-state index is 14.0. The summed E-state index contributed by atoms with van der Waals surface area (Å²) >= 11 is 0. The van der Waals surface area contributed by atoms with Crippen LogP contribution < -0.4 is 15.4 Å². The molecule has 2 amide bonds. The first-order valence-electron chi connectivity index (χ1n) is 16.5. The van der Waals surface area contributed by atoms with Gasteiger partial charge in [0.15, 0.2) is 0 Å². The third-order valence-electron chi connectivity index (χ3n) is 8.97. The van der Waals surface area contributed by atoms with Crippen LogP contribution in [0.4, 0.5) is 0 Å². The quantitative estimate of drug-likeness (QED) is 0.187. The molecule has 5 rings (SSSR count). The molecule has 5 unspecified atom stereocenters. The summed E-state index contributed by atoms with van der Waals surface area (Å²) in [6.45, 7) is 4.56. The van der Waals surface area contributed by atoms with E-state index in [1.807, 2.05) is 78.9 Å². The molecular formula is C37H47N3O7. The number of nitrogens with zero attached hydrogens (tertiary/aromatic N) is 1. The predicted octanol–water partition coefficient (Wildman–Crippen LogP) is 2.46. The molecule has 47 heavy (non-hydrogen) atoms. The summed E-state index contributed by atoms with van der Waals surface area (Å²) in [7, 11) is 1.44. The highest BCUT2D eigenvalue weighted by Crippen LogP contribution is 2.32. The maximum atomic E-state index is 14.0. The van der Waals surface area contributed by atoms with Gasteiger partial charge in [-0.2, -0.15) is 0 Å². The molecule has 2 aliphatic rings. The molecule has 1 aliphatic heterocycles. The number of methoxy groups -OCH3 is 1. The van der Waals surface area contributed by atoms with Gasteiger partial charge in [-0.1, -0.05) is 66.7 Å². The molecule has 3 aromatic carbocycles. The fraction of sp³-hybridized carbons (Fsp3) is 0.459. The number of hydrogen-bond donors (Lipinski definition) is 4. The standard InChI is InChI=1S/C37H47N3O7/c1-45-25-35(43)38-32(22-26-7-3-2-4-8-26)33(41)24-29(37(44)39-36-31-10-6-5-9-28(31)23-34(36)42)21-27-11-13-30(14-12-27)47-20-17-40-15-18-46-19-16-40/h2-14,29,32-34,36,41-42H,15-25H2,1H3,(H,38,43)(H,39,44). The Hall–Kier alpha value is -3.80. The Balaban J connectivity index is 1.29. The first-order chi connectivity index (χ1) is 22.9. The monoisotopic (exact) mass is 645 g/mol. The molecule has 10 heteroatoms. The van der Waals surface area contributed by atoms with Crippen molar-refractivity contribution in [1.82, 2.24) is 15.5 Å². The molecule has 0 aromatic heterocycles. The fourth-order valence-corrected chi connectivity index (χ4v) is 6.41. The number of amides is 2. The van der Waals surface area contributed by atoms with E-state index in [1.54, 1.807) is 0 Å². The number of fused-ring (bicyclic) bond motifs is 1. The third-order valence-corrected chi connectivity index (χ3v) is 8.97. The molecular weight excluding hydrogens is 598 g/mol. The molecule has 1 heterocycles. The maximum Gasteiger partial charge on any atom is 0.246 e. The van der Waals surface area contributed by atoms with Crippen LogP contribution >= 0.6 is 0 Å². The largest absolute Gasteiger partial charge is 0.492 e. The molecule has 10 nitrogen and oxygen atoms in total. The zero-order valence-corrected chi connectivity index (χ0v) is 27.1. The number of aliphatic hydroxyl groups is 2. The highest BCUT2D eigenvalue weighted by molar-refractivity contribution is 5.80. The molecule has 1 aliphatic carbocycles. The van der Waals surface area contributed by atoms with Gasteiger partial charge >= 0.3 is 0 Å². The highest BCUT2D eigenvalue weighted by Gasteiger charge is 2.35. The van der Waals surface area contributed by atoms with Crippen molar-refractivity contribution < 1.29 is 34.0 Å². The van der Waals surface area contributed by atoms with E-state index in [0.717, 1.165) is 60.9 Å². The summed E-state index contributed by atoms with van der Waals surface area (Å²) in [5.41, 5.74) is 3.77. The zero-order chi connectivity index (χ0) is 33.0. The van der Waals surface area contributed by atoms with E-state index in [2.05, 4.69) is 15.5 Å². The fourth-order valence-electron chi connectivity index (χ4n) is 6.41. The number of aliphatic hydroxyl groups excluding tert-OH is 2. The number of carbonyl (C=O) groups excluding carboxylic acids is 2. The lowest BCUT2D eigenvalue weighted by molar-refractivity contribution is -0.128. The van der Waals surface area contributed by atoms with Crippen molar-refractivity contribution in [3.63, 3.8) is 0 Å². The van der Waals surface area contributed by atoms with Gasteiger partial charge in [0, 0.05) is 39.1 Å². The summed E-state index contributed by atoms with van der Waals surface area (Å²) in [5, 5.41) is 28.4. The molecule has 252 valence electrons. The van der Waals surface area contributed by atoms with E-state index < -0.39 is 30.2 Å². The first-order valence-corrected chi connectivity index (χ1v) is 16.5. The van der Waals surface area contributed by atoms with Crippen LogP contribution in [0.5, 0.6) is 5.75 Å². The second kappa shape index (κ2) is 17.4. The number of hydrogen-bond acceptors (Lipinski definition) is 8. The second-order valence-corrected chi connectivity index (χ2v) is 12.4. The summed E-state index contributed by atoms with van der Waals surface area (Å²) in [6, 6.07) is 23.8. The Morgan fingerprint density at radius 3 is 2.40 bits per heavy atom. The van der Waals surface area contributed by atoms with Gasteiger partial charge in [-0.15, -0.1) is 0 Å². The van der Waals surface area contributed by atoms with Gasteiger partial charge in [-0.3, -0.25) is 14.5 Å². The third kappa shape index (κ3) is 10.1. The second-order valence-electron chi connectivity index (χ2n) is 12.4. The van der Waals surface area contributed by atoms with Crippen molar-refractivity contribution in [2.45, 2.75) is 50.0 Å². The minimum atomic E-state index is -1.03. The minimum absolute atomic E-state index is 0.0961. The van der Waals surface area contributed by atoms with Crippen LogP contribution in [-0.2, 0) is 38.3 Å². The average Bonchev–Trinajstić information content (AvgIpc) is 3.40. The van der Waals surface area contributed by atoms with E-state index >= 15 is 0 Å². The van der Waals surface area contributed by atoms with Gasteiger partial charge in [-0.25, -0.2) is 0 Å². The molecule has 0 radical (unpaired) electrons. The van der Waals surface area contributed by atoms with Crippen LogP contribution in [0.2, 0.25) is 0 Å². The molecule has 0 saturated carbocycles. The number of rotatable bonds is 16. The Kier molecular flexibility index (Phi) is 12.8. The zero-order valence-electron chi connectivity index (χ0n) is 27.1. The molecule has 1 saturated heterocycles. The Labute approximate surface area is 277 Å². The van der Waals surface area contributed by atoms with Gasteiger partial charge in [0.05, 0.1) is 37.5 Å². The highest BCUT2D eigenvalue weighted by atomic mass is 16.5. The molecule has 1 fully saturated rings. The average molecular weight is 646 g/mol. The van der Waals surface area contributed by atoms with Gasteiger partial charge in [0.2, 0.25) is 11.8 Å². The number of morpholine rings is 1. The predicted molar refractivity (Wildman–Crippen MR) is 178 cm³/mol. The molecule has 3 aromatic rings. The lowest BCUT2D eigenvalue weighted by Gasteiger charge is -2.29. The summed E-state index contributed by atoms with van der Waals surface area (Å²) in [4.78, 5) is 28.9. The molecule has 4 N–H and O–H groups in total. The van der Waals surface area contributed by atoms with E-state index in [1.165, 1.54) is 7.11 Å². The van der Waals surface area contributed by atoms with Crippen molar-refractivity contribution in [2.75, 3.05) is 53.2 Å². The van der Waals surface area contributed by atoms with Gasteiger partial charge in [-0.05, 0) is 53.6 Å². The van der Waals surface area contributed by atoms with Crippen molar-refractivity contribution >= 4 is 11.8 Å². The summed E-state index contributed by atoms with van der Waals surface area (Å²) in [5.74, 6) is -0.506. The first kappa shape index (κ1) is 34.5. The number of benzene rings is 3. The van der Waals surface area contributed by atoms with Gasteiger partial charge in [0.1, 0.15) is 19.0 Å². The van der Waals surface area contributed by atoms with Crippen LogP contribution in [0.3, 0.4) is 0 Å². The van der Waals surface area contributed by atoms with E-state index in [9.17, 15) is 19.8 Å². The molecule has 0 bridgehead atoms. The Morgan fingerprint density at radius 1 is 0.957 bits per heavy atom. The van der Waals surface area contributed by atoms with Crippen LogP contribution in [0, 0.1) is 5.92 Å². The van der Waals surface area contributed by atoms with Crippen LogP contribution in [-0.4, -0.2) is 98.3 Å². The topological polar surface area (TPSA) is 130 Å². The van der Waals surface area contributed by atoms with E-state index in [-0.39, 0.29) is 24.8 Å². The van der Waals surface area contributed by atoms with Crippen molar-refractivity contribution in [2.24, 2.45) is 5.92 Å². The van der Waals surface area contributed by atoms with Crippen LogP contribution in [0.1, 0.15) is 34.7 Å². The van der Waals surface area contributed by atoms with Gasteiger partial charge in [0.25, 0.3) is 0 Å². The minimum Gasteiger partial charge on any atom is -0.492 e. The summed E-state index contributed by atoms with van der Waals surface area (Å²) < 4.78 is 16.4. The van der Waals surface area contributed by atoms with Crippen molar-refractivity contribution in [3.05, 3.63) is 101 Å². The Morgan fingerprint density at radius 2 is 1.66 bits per heavy atom. The number of ether oxygens (including phenoxy) is 3. The Bertz CT molecular complexity index is 1410. The lowest BCUT2D eigenvalue weighted by atomic mass is 9.88. The number of nitrogens with one attached hydrogen (secondary N) is 2. The van der Waals surface area contributed by atoms with Crippen molar-refractivity contribution in [1.29, 1.82) is 0 Å². The smallest absolute Gasteiger partial charge is 0.246 e. The molecule has 0 spiro atoms. The van der Waals surface area contributed by atoms with E-state index in [0.29, 0.717) is 25.9 Å². The lowest BCUT2D eigenvalue weighted by Crippen LogP contribution is -2.48. The SMILES string of the molecule is COCC(=O)NC(Cc1ccccc1)C(O)CC(Cc1ccc(OCCN2CCOCC2)cc1)C(=O)NC1c2ccccc2CC1O. The summed E-state index contributed by atoms with van der Waals surface area (Å²) in [6.07, 6.45) is -0.474. The van der Waals surface area contributed by atoms with Gasteiger partial charge < -0.3 is 35.1 Å². The van der Waals surface area contributed by atoms with Crippen LogP contribution in [0.25, 0.3) is 0 Å². The normalized spacial score (nSPS) is 19.7. The van der Waals surface area contributed by atoms with Crippen molar-refractivity contribution in [3.8, 4) is 5.75 Å². The molecule has 5 atom stereocenters. The van der Waals surface area contributed by atoms with Crippen LogP contribution in [0.15, 0.2) is 78.9 Å². The number of carbonyl (C=O) groups is 2.